The summed E-state index contributed by atoms with van der Waals surface area (Å²) < 4.78 is 29.3. The summed E-state index contributed by atoms with van der Waals surface area (Å²) >= 11 is 4.44. The van der Waals surface area contributed by atoms with Crippen LogP contribution in [0.2, 0.25) is 0 Å². The summed E-state index contributed by atoms with van der Waals surface area (Å²) in [6.07, 6.45) is 6.94. The maximum Gasteiger partial charge on any atom is 0.242 e. The van der Waals surface area contributed by atoms with Crippen molar-refractivity contribution in [1.82, 2.24) is 14.3 Å². The van der Waals surface area contributed by atoms with Gasteiger partial charge in [0.2, 0.25) is 10.0 Å². The third-order valence-electron chi connectivity index (χ3n) is 2.85. The van der Waals surface area contributed by atoms with E-state index in [1.165, 1.54) is 17.4 Å². The van der Waals surface area contributed by atoms with Crippen molar-refractivity contribution in [3.05, 3.63) is 33.5 Å². The highest BCUT2D eigenvalue weighted by atomic mass is 79.9. The fourth-order valence-corrected chi connectivity index (χ4v) is 5.40. The highest BCUT2D eigenvalue weighted by molar-refractivity contribution is 9.11. The second kappa shape index (κ2) is 7.50. The van der Waals surface area contributed by atoms with Crippen LogP contribution in [0.4, 0.5) is 0 Å². The van der Waals surface area contributed by atoms with Gasteiger partial charge in [-0.2, -0.15) is 0 Å². The van der Waals surface area contributed by atoms with Crippen molar-refractivity contribution in [1.29, 1.82) is 0 Å². The van der Waals surface area contributed by atoms with Gasteiger partial charge in [0.25, 0.3) is 0 Å². The fraction of sp³-hybridized carbons (Fsp3) is 0.417. The average molecular weight is 394 g/mol. The molecule has 116 valence electrons. The number of aromatic nitrogens is 2. The van der Waals surface area contributed by atoms with Gasteiger partial charge < -0.3 is 9.67 Å². The lowest BCUT2D eigenvalue weighted by molar-refractivity contribution is 0.285. The van der Waals surface area contributed by atoms with Crippen LogP contribution in [0.25, 0.3) is 0 Å². The van der Waals surface area contributed by atoms with Crippen molar-refractivity contribution in [2.75, 3.05) is 6.54 Å². The normalized spacial score (nSPS) is 11.9. The molecule has 0 amide bonds. The van der Waals surface area contributed by atoms with Crippen molar-refractivity contribution in [2.45, 2.75) is 30.9 Å². The third-order valence-corrected chi connectivity index (χ3v) is 6.54. The van der Waals surface area contributed by atoms with Crippen LogP contribution < -0.4 is 4.72 Å². The SMILES string of the molecule is O=S(=O)(NCCCCn1ccnc1)c1cc(CO)sc1Br. The maximum atomic E-state index is 12.1. The fourth-order valence-electron chi connectivity index (χ4n) is 1.78. The Labute approximate surface area is 136 Å². The summed E-state index contributed by atoms with van der Waals surface area (Å²) in [5.74, 6) is 0. The number of unbranched alkanes of at least 4 members (excludes halogenated alkanes) is 1. The maximum absolute atomic E-state index is 12.1. The summed E-state index contributed by atoms with van der Waals surface area (Å²) in [4.78, 5) is 4.75. The van der Waals surface area contributed by atoms with E-state index in [1.54, 1.807) is 12.5 Å². The number of hydrogen-bond acceptors (Lipinski definition) is 5. The number of aryl methyl sites for hydroxylation is 1. The Morgan fingerprint density at radius 3 is 2.86 bits per heavy atom. The second-order valence-electron chi connectivity index (χ2n) is 4.41. The quantitative estimate of drug-likeness (QED) is 0.671. The molecule has 0 aliphatic carbocycles. The predicted molar refractivity (Wildman–Crippen MR) is 84.6 cm³/mol. The zero-order valence-electron chi connectivity index (χ0n) is 11.2. The molecule has 0 spiro atoms. The van der Waals surface area contributed by atoms with Crippen LogP contribution >= 0.6 is 27.3 Å². The molecule has 0 unspecified atom stereocenters. The van der Waals surface area contributed by atoms with E-state index in [-0.39, 0.29) is 11.5 Å². The van der Waals surface area contributed by atoms with Gasteiger partial charge in [-0.25, -0.2) is 18.1 Å². The summed E-state index contributed by atoms with van der Waals surface area (Å²) in [5.41, 5.74) is 0. The second-order valence-corrected chi connectivity index (χ2v) is 8.60. The van der Waals surface area contributed by atoms with E-state index < -0.39 is 10.0 Å². The van der Waals surface area contributed by atoms with Crippen LogP contribution in [-0.2, 0) is 23.2 Å². The monoisotopic (exact) mass is 393 g/mol. The van der Waals surface area contributed by atoms with E-state index in [9.17, 15) is 8.42 Å². The molecule has 2 heterocycles. The molecule has 2 rings (SSSR count). The Morgan fingerprint density at radius 1 is 1.43 bits per heavy atom. The van der Waals surface area contributed by atoms with Gasteiger partial charge in [-0.15, -0.1) is 11.3 Å². The average Bonchev–Trinajstić information content (AvgIpc) is 3.07. The van der Waals surface area contributed by atoms with Crippen LogP contribution in [-0.4, -0.2) is 29.6 Å². The molecule has 0 aliphatic rings. The van der Waals surface area contributed by atoms with Crippen LogP contribution in [0, 0.1) is 0 Å². The number of hydrogen-bond donors (Lipinski definition) is 2. The zero-order chi connectivity index (χ0) is 15.3. The molecule has 0 aliphatic heterocycles. The summed E-state index contributed by atoms with van der Waals surface area (Å²) in [5, 5.41) is 9.04. The molecular weight excluding hydrogens is 378 g/mol. The molecule has 2 aromatic rings. The lowest BCUT2D eigenvalue weighted by Gasteiger charge is -2.06. The first-order chi connectivity index (χ1) is 10.0. The largest absolute Gasteiger partial charge is 0.391 e. The van der Waals surface area contributed by atoms with Gasteiger partial charge in [0, 0.05) is 30.4 Å². The molecule has 0 saturated heterocycles. The molecule has 0 saturated carbocycles. The summed E-state index contributed by atoms with van der Waals surface area (Å²) in [7, 11) is -3.53. The molecule has 0 fully saturated rings. The molecule has 0 atom stereocenters. The Bertz CT molecular complexity index is 668. The van der Waals surface area contributed by atoms with Gasteiger partial charge >= 0.3 is 0 Å². The molecule has 9 heteroatoms. The molecule has 0 aromatic carbocycles. The molecule has 0 bridgehead atoms. The molecule has 2 aromatic heterocycles. The van der Waals surface area contributed by atoms with Gasteiger partial charge in [-0.3, -0.25) is 0 Å². The van der Waals surface area contributed by atoms with E-state index in [4.69, 9.17) is 5.11 Å². The summed E-state index contributed by atoms with van der Waals surface area (Å²) in [6, 6.07) is 1.49. The van der Waals surface area contributed by atoms with Gasteiger partial charge in [-0.1, -0.05) is 0 Å². The van der Waals surface area contributed by atoms with Crippen molar-refractivity contribution in [2.24, 2.45) is 0 Å². The Balaban J connectivity index is 1.82. The minimum Gasteiger partial charge on any atom is -0.391 e. The van der Waals surface area contributed by atoms with Crippen LogP contribution in [0.5, 0.6) is 0 Å². The van der Waals surface area contributed by atoms with E-state index in [2.05, 4.69) is 25.6 Å². The minimum absolute atomic E-state index is 0.163. The number of imidazole rings is 1. The summed E-state index contributed by atoms with van der Waals surface area (Å²) in [6.45, 7) is 1.04. The van der Waals surface area contributed by atoms with Crippen molar-refractivity contribution in [3.63, 3.8) is 0 Å². The van der Waals surface area contributed by atoms with Crippen LogP contribution in [0.1, 0.15) is 17.7 Å². The third kappa shape index (κ3) is 4.62. The number of sulfonamides is 1. The lowest BCUT2D eigenvalue weighted by Crippen LogP contribution is -2.24. The number of nitrogens with zero attached hydrogens (tertiary/aromatic N) is 2. The number of rotatable bonds is 8. The molecular formula is C12H16BrN3O3S2. The number of halogens is 1. The van der Waals surface area contributed by atoms with Crippen molar-refractivity contribution in [3.8, 4) is 0 Å². The zero-order valence-corrected chi connectivity index (χ0v) is 14.4. The number of nitrogens with one attached hydrogen (secondary N) is 1. The minimum atomic E-state index is -3.53. The van der Waals surface area contributed by atoms with Gasteiger partial charge in [0.15, 0.2) is 0 Å². The van der Waals surface area contributed by atoms with E-state index >= 15 is 0 Å². The first kappa shape index (κ1) is 16.6. The van der Waals surface area contributed by atoms with E-state index in [0.717, 1.165) is 19.4 Å². The van der Waals surface area contributed by atoms with E-state index in [1.807, 2.05) is 10.8 Å². The van der Waals surface area contributed by atoms with Crippen molar-refractivity contribution < 1.29 is 13.5 Å². The Kier molecular flexibility index (Phi) is 5.94. The van der Waals surface area contributed by atoms with E-state index in [0.29, 0.717) is 15.2 Å². The molecule has 6 nitrogen and oxygen atoms in total. The first-order valence-electron chi connectivity index (χ1n) is 6.37. The number of aliphatic hydroxyl groups is 1. The predicted octanol–water partition coefficient (Wildman–Crippen LogP) is 1.96. The van der Waals surface area contributed by atoms with Gasteiger partial charge in [0.1, 0.15) is 4.90 Å². The standard InChI is InChI=1S/C12H16BrN3O3S2/c13-12-11(7-10(8-17)20-12)21(18,19)15-3-1-2-5-16-6-4-14-9-16/h4,6-7,9,15,17H,1-3,5,8H2. The topological polar surface area (TPSA) is 84.2 Å². The van der Waals surface area contributed by atoms with Crippen LogP contribution in [0.3, 0.4) is 0 Å². The highest BCUT2D eigenvalue weighted by Gasteiger charge is 2.20. The number of thiophene rings is 1. The van der Waals surface area contributed by atoms with Crippen molar-refractivity contribution >= 4 is 37.3 Å². The smallest absolute Gasteiger partial charge is 0.242 e. The molecule has 0 radical (unpaired) electrons. The number of aliphatic hydroxyl groups excluding tert-OH is 1. The first-order valence-corrected chi connectivity index (χ1v) is 9.46. The van der Waals surface area contributed by atoms with Gasteiger partial charge in [-0.05, 0) is 34.8 Å². The van der Waals surface area contributed by atoms with Gasteiger partial charge in [0.05, 0.1) is 16.7 Å². The molecule has 2 N–H and O–H groups in total. The van der Waals surface area contributed by atoms with Crippen LogP contribution in [0.15, 0.2) is 33.5 Å². The lowest BCUT2D eigenvalue weighted by atomic mass is 10.3. The highest BCUT2D eigenvalue weighted by Crippen LogP contribution is 2.31. The Morgan fingerprint density at radius 2 is 2.24 bits per heavy atom. The molecule has 21 heavy (non-hydrogen) atoms. The Hall–Kier alpha value is -0.740.